The van der Waals surface area contributed by atoms with Crippen LogP contribution in [-0.2, 0) is 19.6 Å². The third-order valence-corrected chi connectivity index (χ3v) is 3.86. The van der Waals surface area contributed by atoms with Crippen molar-refractivity contribution in [1.82, 2.24) is 4.72 Å². The number of esters is 1. The second-order valence-corrected chi connectivity index (χ2v) is 6.07. The van der Waals surface area contributed by atoms with Crippen LogP contribution in [0.25, 0.3) is 0 Å². The van der Waals surface area contributed by atoms with E-state index in [-0.39, 0.29) is 13.0 Å². The Balaban J connectivity index is 5.02. The summed E-state index contributed by atoms with van der Waals surface area (Å²) in [5, 5.41) is 9.67. The zero-order valence-electron chi connectivity index (χ0n) is 11.8. The molecule has 0 radical (unpaired) electrons. The largest absolute Gasteiger partial charge is 0.511 e. The van der Waals surface area contributed by atoms with Gasteiger partial charge < -0.3 is 9.84 Å². The lowest BCUT2D eigenvalue weighted by molar-refractivity contribution is -0.154. The first kappa shape index (κ1) is 20.1. The van der Waals surface area contributed by atoms with Crippen molar-refractivity contribution in [2.75, 3.05) is 6.61 Å². The van der Waals surface area contributed by atoms with Gasteiger partial charge in [-0.3, -0.25) is 0 Å². The summed E-state index contributed by atoms with van der Waals surface area (Å²) in [5.74, 6) is -1.16. The normalized spacial score (nSPS) is 15.5. The Morgan fingerprint density at radius 3 is 2.29 bits per heavy atom. The van der Waals surface area contributed by atoms with Gasteiger partial charge in [-0.2, -0.15) is 13.2 Å². The molecule has 0 aromatic heterocycles. The number of hydrogen-bond donors (Lipinski definition) is 2. The van der Waals surface area contributed by atoms with E-state index in [1.807, 2.05) is 6.92 Å². The Kier molecular flexibility index (Phi) is 8.19. The topological polar surface area (TPSA) is 92.7 Å². The van der Waals surface area contributed by atoms with Gasteiger partial charge in [-0.1, -0.05) is 26.2 Å². The molecule has 0 bridgehead atoms. The van der Waals surface area contributed by atoms with Gasteiger partial charge in [-0.25, -0.2) is 17.9 Å². The lowest BCUT2D eigenvalue weighted by Crippen LogP contribution is -2.50. The summed E-state index contributed by atoms with van der Waals surface area (Å²) in [7, 11) is -5.65. The fraction of sp³-hybridized carbons (Fsp3) is 0.909. The molecule has 0 heterocycles. The molecule has 2 atom stereocenters. The van der Waals surface area contributed by atoms with E-state index in [0.717, 1.165) is 6.42 Å². The summed E-state index contributed by atoms with van der Waals surface area (Å²) in [4.78, 5) is 11.4. The number of aliphatic hydroxyl groups excluding tert-OH is 1. The average molecular weight is 335 g/mol. The average Bonchev–Trinajstić information content (AvgIpc) is 2.35. The fourth-order valence-electron chi connectivity index (χ4n) is 1.55. The van der Waals surface area contributed by atoms with Crippen molar-refractivity contribution in [3.05, 3.63) is 0 Å². The Morgan fingerprint density at radius 2 is 1.86 bits per heavy atom. The summed E-state index contributed by atoms with van der Waals surface area (Å²) in [5.41, 5.74) is -5.51. The van der Waals surface area contributed by atoms with Crippen LogP contribution in [0.5, 0.6) is 0 Å². The molecule has 0 aliphatic carbocycles. The van der Waals surface area contributed by atoms with Crippen LogP contribution in [0.1, 0.15) is 39.5 Å². The van der Waals surface area contributed by atoms with E-state index in [9.17, 15) is 31.5 Å². The van der Waals surface area contributed by atoms with Crippen molar-refractivity contribution in [3.8, 4) is 0 Å². The van der Waals surface area contributed by atoms with E-state index in [1.165, 1.54) is 11.6 Å². The minimum Gasteiger partial charge on any atom is -0.464 e. The fourth-order valence-corrected chi connectivity index (χ4v) is 2.33. The van der Waals surface area contributed by atoms with Gasteiger partial charge in [-0.05, 0) is 13.3 Å². The molecule has 0 spiro atoms. The second-order valence-electron chi connectivity index (χ2n) is 4.37. The maximum absolute atomic E-state index is 12.3. The Bertz CT molecular complexity index is 424. The molecule has 0 saturated heterocycles. The number of unbranched alkanes of at least 4 members (excludes halogenated alkanes) is 2. The van der Waals surface area contributed by atoms with Crippen LogP contribution >= 0.6 is 0 Å². The number of hydrogen-bond acceptors (Lipinski definition) is 5. The first-order chi connectivity index (χ1) is 9.56. The number of carbonyl (C=O) groups is 1. The molecule has 0 aliphatic rings. The lowest BCUT2D eigenvalue weighted by atomic mass is 10.0. The van der Waals surface area contributed by atoms with Crippen molar-refractivity contribution in [2.24, 2.45) is 0 Å². The van der Waals surface area contributed by atoms with Gasteiger partial charge >= 0.3 is 21.5 Å². The first-order valence-corrected chi connectivity index (χ1v) is 7.98. The van der Waals surface area contributed by atoms with Gasteiger partial charge in [0.25, 0.3) is 0 Å². The number of nitrogens with one attached hydrogen (secondary N) is 1. The number of carbonyl (C=O) groups excluding carboxylic acids is 1. The van der Waals surface area contributed by atoms with Crippen molar-refractivity contribution >= 4 is 16.0 Å². The number of rotatable bonds is 9. The van der Waals surface area contributed by atoms with Crippen LogP contribution < -0.4 is 4.72 Å². The molecular formula is C11H20F3NO5S. The quantitative estimate of drug-likeness (QED) is 0.489. The molecule has 0 saturated carbocycles. The molecule has 0 aliphatic heterocycles. The second kappa shape index (κ2) is 8.54. The van der Waals surface area contributed by atoms with Gasteiger partial charge in [0.15, 0.2) is 6.10 Å². The van der Waals surface area contributed by atoms with Gasteiger partial charge in [0.05, 0.1) is 12.6 Å². The predicted molar refractivity (Wildman–Crippen MR) is 68.7 cm³/mol. The number of sulfonamides is 1. The third kappa shape index (κ3) is 6.62. The minimum absolute atomic E-state index is 0.0798. The molecule has 2 N–H and O–H groups in total. The van der Waals surface area contributed by atoms with E-state index in [4.69, 9.17) is 0 Å². The molecule has 10 heteroatoms. The number of halogens is 3. The zero-order chi connectivity index (χ0) is 16.7. The maximum atomic E-state index is 12.3. The van der Waals surface area contributed by atoms with Crippen LogP contribution in [0, 0.1) is 0 Å². The van der Waals surface area contributed by atoms with E-state index >= 15 is 0 Å². The van der Waals surface area contributed by atoms with Gasteiger partial charge in [0.1, 0.15) is 0 Å². The molecule has 6 nitrogen and oxygen atoms in total. The molecule has 0 rings (SSSR count). The molecule has 0 amide bonds. The van der Waals surface area contributed by atoms with Crippen LogP contribution in [0.4, 0.5) is 13.2 Å². The monoisotopic (exact) mass is 335 g/mol. The summed E-state index contributed by atoms with van der Waals surface area (Å²) in [6.45, 7) is 3.22. The highest BCUT2D eigenvalue weighted by molar-refractivity contribution is 7.90. The van der Waals surface area contributed by atoms with Gasteiger partial charge in [0.2, 0.25) is 0 Å². The van der Waals surface area contributed by atoms with E-state index in [0.29, 0.717) is 12.8 Å². The highest BCUT2D eigenvalue weighted by Crippen LogP contribution is 2.23. The molecule has 0 aromatic rings. The molecule has 0 fully saturated rings. The van der Waals surface area contributed by atoms with Crippen LogP contribution in [0.3, 0.4) is 0 Å². The lowest BCUT2D eigenvalue weighted by Gasteiger charge is -2.23. The van der Waals surface area contributed by atoms with Crippen LogP contribution in [0.15, 0.2) is 0 Å². The predicted octanol–water partition coefficient (Wildman–Crippen LogP) is 1.30. The SMILES string of the molecule is CCCCC[C@H](NS(=O)(=O)C(F)(F)F)[C@@H](O)C(=O)OCC. The van der Waals surface area contributed by atoms with Gasteiger partial charge in [0, 0.05) is 0 Å². The van der Waals surface area contributed by atoms with Crippen molar-refractivity contribution < 1.29 is 36.2 Å². The number of alkyl halides is 3. The molecule has 126 valence electrons. The minimum atomic E-state index is -5.65. The maximum Gasteiger partial charge on any atom is 0.511 e. The summed E-state index contributed by atoms with van der Waals surface area (Å²) < 4.78 is 65.0. The van der Waals surface area contributed by atoms with Crippen molar-refractivity contribution in [2.45, 2.75) is 57.2 Å². The molecular weight excluding hydrogens is 315 g/mol. The smallest absolute Gasteiger partial charge is 0.464 e. The summed E-state index contributed by atoms with van der Waals surface area (Å²) in [6, 6.07) is -1.58. The molecule has 21 heavy (non-hydrogen) atoms. The Hall–Kier alpha value is -0.870. The Labute approximate surface area is 121 Å². The highest BCUT2D eigenvalue weighted by atomic mass is 32.2. The number of ether oxygens (including phenoxy) is 1. The summed E-state index contributed by atoms with van der Waals surface area (Å²) in [6.07, 6.45) is -0.367. The molecule has 0 aromatic carbocycles. The van der Waals surface area contributed by atoms with E-state index in [1.54, 1.807) is 0 Å². The first-order valence-electron chi connectivity index (χ1n) is 6.50. The van der Waals surface area contributed by atoms with Crippen molar-refractivity contribution in [3.63, 3.8) is 0 Å². The van der Waals surface area contributed by atoms with Crippen LogP contribution in [0.2, 0.25) is 0 Å². The van der Waals surface area contributed by atoms with E-state index < -0.39 is 33.6 Å². The third-order valence-electron chi connectivity index (χ3n) is 2.64. The summed E-state index contributed by atoms with van der Waals surface area (Å²) >= 11 is 0. The van der Waals surface area contributed by atoms with E-state index in [2.05, 4.69) is 4.74 Å². The molecule has 0 unspecified atom stereocenters. The van der Waals surface area contributed by atoms with Crippen LogP contribution in [-0.4, -0.2) is 43.8 Å². The highest BCUT2D eigenvalue weighted by Gasteiger charge is 2.48. The zero-order valence-corrected chi connectivity index (χ0v) is 12.6. The van der Waals surface area contributed by atoms with Gasteiger partial charge in [-0.15, -0.1) is 0 Å². The van der Waals surface area contributed by atoms with Crippen molar-refractivity contribution in [1.29, 1.82) is 0 Å². The Morgan fingerprint density at radius 1 is 1.29 bits per heavy atom. The number of aliphatic hydroxyl groups is 1. The standard InChI is InChI=1S/C11H20F3NO5S/c1-3-5-6-7-8(9(16)10(17)20-4-2)15-21(18,19)11(12,13)14/h8-9,15-16H,3-7H2,1-2H3/t8-,9+/m0/s1.